The van der Waals surface area contributed by atoms with Crippen molar-refractivity contribution < 1.29 is 9.90 Å². The summed E-state index contributed by atoms with van der Waals surface area (Å²) in [4.78, 5) is 12.1. The molecule has 1 aliphatic rings. The van der Waals surface area contributed by atoms with Crippen molar-refractivity contribution in [1.29, 1.82) is 0 Å². The highest BCUT2D eigenvalue weighted by atomic mass is 16.3. The van der Waals surface area contributed by atoms with E-state index in [1.807, 2.05) is 18.2 Å². The Labute approximate surface area is 118 Å². The van der Waals surface area contributed by atoms with Gasteiger partial charge in [-0.15, -0.1) is 0 Å². The molecule has 0 amide bonds. The summed E-state index contributed by atoms with van der Waals surface area (Å²) >= 11 is 0. The van der Waals surface area contributed by atoms with Gasteiger partial charge in [0, 0.05) is 12.0 Å². The molecule has 0 aliphatic heterocycles. The number of carbonyl (C=O) groups excluding carboxylic acids is 1. The van der Waals surface area contributed by atoms with E-state index in [0.29, 0.717) is 12.0 Å². The Kier molecular flexibility index (Phi) is 3.48. The maximum Gasteiger partial charge on any atom is 0.191 e. The summed E-state index contributed by atoms with van der Waals surface area (Å²) in [5, 5.41) is 10.1. The van der Waals surface area contributed by atoms with Crippen LogP contribution >= 0.6 is 0 Å². The fraction of sp³-hybridized carbons (Fsp3) is 0.167. The Morgan fingerprint density at radius 3 is 2.75 bits per heavy atom. The predicted octanol–water partition coefficient (Wildman–Crippen LogP) is 3.04. The highest BCUT2D eigenvalue weighted by Gasteiger charge is 2.18. The molecule has 0 aromatic heterocycles. The predicted molar refractivity (Wildman–Crippen MR) is 79.7 cm³/mol. The molecule has 0 fully saturated rings. The number of hydrogen-bond acceptors (Lipinski definition) is 2. The number of aliphatic hydroxyl groups excluding tert-OH is 1. The van der Waals surface area contributed by atoms with Crippen LogP contribution in [-0.4, -0.2) is 17.0 Å². The normalized spacial score (nSPS) is 14.1. The van der Waals surface area contributed by atoms with E-state index in [-0.39, 0.29) is 5.78 Å². The zero-order valence-electron chi connectivity index (χ0n) is 11.1. The van der Waals surface area contributed by atoms with E-state index in [1.54, 1.807) is 24.3 Å². The van der Waals surface area contributed by atoms with E-state index >= 15 is 0 Å². The van der Waals surface area contributed by atoms with Gasteiger partial charge in [0.25, 0.3) is 0 Å². The maximum absolute atomic E-state index is 12.1. The van der Waals surface area contributed by atoms with Crippen LogP contribution in [0.2, 0.25) is 0 Å². The zero-order valence-corrected chi connectivity index (χ0v) is 11.1. The molecule has 0 bridgehead atoms. The molecule has 2 nitrogen and oxygen atoms in total. The van der Waals surface area contributed by atoms with E-state index in [2.05, 4.69) is 18.2 Å². The van der Waals surface area contributed by atoms with Crippen LogP contribution in [0.5, 0.6) is 0 Å². The van der Waals surface area contributed by atoms with Gasteiger partial charge in [0.2, 0.25) is 0 Å². The third kappa shape index (κ3) is 2.56. The number of allylic oxidation sites excluding steroid dienone is 1. The van der Waals surface area contributed by atoms with Gasteiger partial charge in [-0.2, -0.15) is 0 Å². The van der Waals surface area contributed by atoms with Crippen molar-refractivity contribution >= 4 is 11.9 Å². The first-order chi connectivity index (χ1) is 9.74. The second-order valence-corrected chi connectivity index (χ2v) is 5.09. The van der Waals surface area contributed by atoms with E-state index in [1.165, 1.54) is 11.1 Å². The van der Waals surface area contributed by atoms with E-state index < -0.39 is 6.10 Å². The number of benzene rings is 2. The summed E-state index contributed by atoms with van der Waals surface area (Å²) in [5.74, 6) is -0.218. The van der Waals surface area contributed by atoms with Crippen LogP contribution in [0.4, 0.5) is 0 Å². The molecule has 2 aromatic carbocycles. The van der Waals surface area contributed by atoms with Crippen molar-refractivity contribution in [3.63, 3.8) is 0 Å². The van der Waals surface area contributed by atoms with Crippen LogP contribution in [-0.2, 0) is 12.8 Å². The van der Waals surface area contributed by atoms with Gasteiger partial charge in [-0.1, -0.05) is 60.7 Å². The molecule has 20 heavy (non-hydrogen) atoms. The Hall–Kier alpha value is -2.19. The molecule has 1 N–H and O–H groups in total. The Morgan fingerprint density at radius 1 is 1.15 bits per heavy atom. The monoisotopic (exact) mass is 264 g/mol. The van der Waals surface area contributed by atoms with Crippen molar-refractivity contribution in [2.75, 3.05) is 0 Å². The Balaban J connectivity index is 1.73. The smallest absolute Gasteiger partial charge is 0.191 e. The molecule has 3 rings (SSSR count). The van der Waals surface area contributed by atoms with Crippen molar-refractivity contribution in [3.8, 4) is 0 Å². The molecule has 1 atom stereocenters. The number of fused-ring (bicyclic) bond motifs is 1. The minimum absolute atomic E-state index is 0.218. The number of rotatable bonds is 4. The van der Waals surface area contributed by atoms with Crippen molar-refractivity contribution in [2.24, 2.45) is 0 Å². The minimum atomic E-state index is -0.982. The molecular formula is C18H16O2. The molecule has 0 saturated carbocycles. The van der Waals surface area contributed by atoms with E-state index in [0.717, 1.165) is 12.0 Å². The number of carbonyl (C=O) groups is 1. The Bertz CT molecular complexity index is 656. The standard InChI is InChI=1S/C18H16O2/c19-17(18(20)15-5-2-1-3-6-15)12-13-9-10-14-7-4-8-16(14)11-13/h1-7,9-11,17,19H,8,12H2. The number of ketones is 1. The fourth-order valence-electron chi connectivity index (χ4n) is 2.55. The summed E-state index contributed by atoms with van der Waals surface area (Å²) in [5.41, 5.74) is 4.06. The van der Waals surface area contributed by atoms with Crippen molar-refractivity contribution in [3.05, 3.63) is 76.9 Å². The lowest BCUT2D eigenvalue weighted by Gasteiger charge is -2.11. The maximum atomic E-state index is 12.1. The topological polar surface area (TPSA) is 37.3 Å². The van der Waals surface area contributed by atoms with Crippen LogP contribution < -0.4 is 0 Å². The molecule has 2 aromatic rings. The fourth-order valence-corrected chi connectivity index (χ4v) is 2.55. The van der Waals surface area contributed by atoms with Gasteiger partial charge in [-0.25, -0.2) is 0 Å². The molecule has 0 heterocycles. The lowest BCUT2D eigenvalue weighted by Crippen LogP contribution is -2.23. The SMILES string of the molecule is O=C(c1ccccc1)C(O)Cc1ccc2c(c1)CC=C2. The Morgan fingerprint density at radius 2 is 1.95 bits per heavy atom. The summed E-state index contributed by atoms with van der Waals surface area (Å²) < 4.78 is 0. The van der Waals surface area contributed by atoms with Gasteiger partial charge in [0.05, 0.1) is 0 Å². The summed E-state index contributed by atoms with van der Waals surface area (Å²) in [6, 6.07) is 15.1. The summed E-state index contributed by atoms with van der Waals surface area (Å²) in [6.45, 7) is 0. The lowest BCUT2D eigenvalue weighted by molar-refractivity contribution is 0.0748. The molecule has 0 radical (unpaired) electrons. The first-order valence-corrected chi connectivity index (χ1v) is 6.80. The van der Waals surface area contributed by atoms with Gasteiger partial charge < -0.3 is 5.11 Å². The molecule has 100 valence electrons. The number of hydrogen-bond donors (Lipinski definition) is 1. The second kappa shape index (κ2) is 5.43. The summed E-state index contributed by atoms with van der Waals surface area (Å²) in [6.07, 6.45) is 4.54. The van der Waals surface area contributed by atoms with Gasteiger partial charge in [-0.3, -0.25) is 4.79 Å². The zero-order chi connectivity index (χ0) is 13.9. The first-order valence-electron chi connectivity index (χ1n) is 6.80. The van der Waals surface area contributed by atoms with Crippen LogP contribution in [0, 0.1) is 0 Å². The molecule has 1 aliphatic carbocycles. The van der Waals surface area contributed by atoms with Crippen LogP contribution in [0.3, 0.4) is 0 Å². The molecule has 1 unspecified atom stereocenters. The molecular weight excluding hydrogens is 248 g/mol. The summed E-state index contributed by atoms with van der Waals surface area (Å²) in [7, 11) is 0. The third-order valence-electron chi connectivity index (χ3n) is 3.63. The third-order valence-corrected chi connectivity index (χ3v) is 3.63. The largest absolute Gasteiger partial charge is 0.385 e. The van der Waals surface area contributed by atoms with Crippen molar-refractivity contribution in [1.82, 2.24) is 0 Å². The van der Waals surface area contributed by atoms with Crippen LogP contribution in [0.1, 0.15) is 27.0 Å². The van der Waals surface area contributed by atoms with Gasteiger partial charge in [0.1, 0.15) is 6.10 Å². The van der Waals surface area contributed by atoms with Gasteiger partial charge in [-0.05, 0) is 23.1 Å². The quantitative estimate of drug-likeness (QED) is 0.862. The number of Topliss-reactive ketones (excluding diaryl/α,β-unsaturated/α-hetero) is 1. The average Bonchev–Trinajstić information content (AvgIpc) is 2.95. The van der Waals surface area contributed by atoms with Crippen LogP contribution in [0.15, 0.2) is 54.6 Å². The van der Waals surface area contributed by atoms with E-state index in [9.17, 15) is 9.90 Å². The minimum Gasteiger partial charge on any atom is -0.385 e. The van der Waals surface area contributed by atoms with E-state index in [4.69, 9.17) is 0 Å². The van der Waals surface area contributed by atoms with Crippen LogP contribution in [0.25, 0.3) is 6.08 Å². The molecule has 2 heteroatoms. The highest BCUT2D eigenvalue weighted by molar-refractivity contribution is 5.99. The van der Waals surface area contributed by atoms with Gasteiger partial charge in [0.15, 0.2) is 5.78 Å². The lowest BCUT2D eigenvalue weighted by atomic mass is 9.97. The average molecular weight is 264 g/mol. The molecule has 0 saturated heterocycles. The molecule has 0 spiro atoms. The first kappa shape index (κ1) is 12.8. The second-order valence-electron chi connectivity index (χ2n) is 5.09. The number of aliphatic hydroxyl groups is 1. The van der Waals surface area contributed by atoms with Gasteiger partial charge >= 0.3 is 0 Å². The van der Waals surface area contributed by atoms with Crippen molar-refractivity contribution in [2.45, 2.75) is 18.9 Å². The highest BCUT2D eigenvalue weighted by Crippen LogP contribution is 2.21.